The predicted octanol–water partition coefficient (Wildman–Crippen LogP) is 10.8. The Morgan fingerprint density at radius 3 is 2.13 bits per heavy atom. The number of carbonyl (C=O) groups excluding carboxylic acids is 1. The first-order valence-corrected chi connectivity index (χ1v) is 15.6. The number of benzene rings is 4. The number of para-hydroxylation sites is 1. The Bertz CT molecular complexity index is 1980. The second kappa shape index (κ2) is 14.1. The van der Waals surface area contributed by atoms with Gasteiger partial charge in [0.2, 0.25) is 0 Å². The fraction of sp³-hybridized carbons (Fsp3) is 0.308. The third-order valence-corrected chi connectivity index (χ3v) is 9.71. The van der Waals surface area contributed by atoms with Crippen molar-refractivity contribution in [1.82, 2.24) is 9.97 Å². The summed E-state index contributed by atoms with van der Waals surface area (Å²) in [6.45, 7) is 12.1. The first-order chi connectivity index (χ1) is 21.2. The van der Waals surface area contributed by atoms with Crippen molar-refractivity contribution in [3.63, 3.8) is 0 Å². The molecule has 2 heterocycles. The molecule has 0 unspecified atom stereocenters. The van der Waals surface area contributed by atoms with E-state index in [1.54, 1.807) is 6.33 Å². The molecule has 0 aliphatic carbocycles. The smallest absolute Gasteiger partial charge is 0.164 e. The van der Waals surface area contributed by atoms with Crippen LogP contribution in [0.25, 0.3) is 54.9 Å². The van der Waals surface area contributed by atoms with Gasteiger partial charge < -0.3 is 9.52 Å². The number of aliphatic hydroxyl groups excluding tert-OH is 1. The molecule has 1 radical (unpaired) electrons. The molecule has 235 valence electrons. The molecule has 0 spiro atoms. The van der Waals surface area contributed by atoms with E-state index in [-0.39, 0.29) is 42.5 Å². The third kappa shape index (κ3) is 6.45. The molecule has 0 aliphatic heterocycles. The molecule has 0 atom stereocenters. The number of aromatic nitrogens is 2. The first-order valence-electron chi connectivity index (χ1n) is 15.6. The van der Waals surface area contributed by atoms with E-state index in [0.29, 0.717) is 0 Å². The van der Waals surface area contributed by atoms with Crippen molar-refractivity contribution in [2.75, 3.05) is 0 Å². The molecular formula is C39H41IrN2O3-. The van der Waals surface area contributed by atoms with Crippen molar-refractivity contribution < 1.29 is 34.4 Å². The van der Waals surface area contributed by atoms with Gasteiger partial charge in [-0.1, -0.05) is 107 Å². The topological polar surface area (TPSA) is 76.2 Å². The SMILES string of the molecule is CCC(C)(CC)C(=O)/C=C(\O)C(C)(CC)CC.[Ir].[c-]1ccc2c(oc3ccccc32)c1-c1ncnc2c1ccc1ccccc12. The van der Waals surface area contributed by atoms with Gasteiger partial charge in [0, 0.05) is 53.5 Å². The zero-order chi connectivity index (χ0) is 31.5. The molecule has 6 rings (SSSR count). The molecule has 2 aromatic heterocycles. The number of carbonyl (C=O) groups is 1. The van der Waals surface area contributed by atoms with Gasteiger partial charge >= 0.3 is 0 Å². The molecule has 4 aromatic carbocycles. The molecule has 0 fully saturated rings. The normalized spacial score (nSPS) is 12.3. The van der Waals surface area contributed by atoms with Crippen LogP contribution in [0.2, 0.25) is 0 Å². The number of fused-ring (bicyclic) bond motifs is 6. The number of allylic oxidation sites excluding steroid dienone is 2. The van der Waals surface area contributed by atoms with Crippen LogP contribution >= 0.6 is 0 Å². The summed E-state index contributed by atoms with van der Waals surface area (Å²) in [5.41, 5.74) is 3.74. The van der Waals surface area contributed by atoms with Crippen LogP contribution in [-0.4, -0.2) is 20.9 Å². The molecule has 0 saturated carbocycles. The fourth-order valence-electron chi connectivity index (χ4n) is 5.55. The number of aliphatic hydroxyl groups is 1. The van der Waals surface area contributed by atoms with Crippen LogP contribution in [0.1, 0.15) is 67.2 Å². The number of hydrogen-bond donors (Lipinski definition) is 1. The molecule has 6 heteroatoms. The Labute approximate surface area is 279 Å². The molecule has 1 N–H and O–H groups in total. The molecule has 0 bridgehead atoms. The standard InChI is InChI=1S/C24H13N2O.C15H28O2.Ir/c1-2-7-16-15(6-1)12-13-19-22(16)25-14-26-23(19)20-10-5-9-18-17-8-3-4-11-21(17)27-24(18)20;1-7-14(5,8-2)12(16)11-13(17)15(6,9-3)10-4;/h1-9,11-14H;11,16H,7-10H2,1-6H3;/q-1;;/b;12-11-;. The summed E-state index contributed by atoms with van der Waals surface area (Å²) in [5, 5.41) is 15.6. The summed E-state index contributed by atoms with van der Waals surface area (Å²) >= 11 is 0. The summed E-state index contributed by atoms with van der Waals surface area (Å²) in [6, 6.07) is 27.9. The van der Waals surface area contributed by atoms with Gasteiger partial charge in [-0.25, -0.2) is 4.98 Å². The largest absolute Gasteiger partial charge is 0.512 e. The van der Waals surface area contributed by atoms with Gasteiger partial charge in [0.25, 0.3) is 0 Å². The summed E-state index contributed by atoms with van der Waals surface area (Å²) < 4.78 is 6.18. The minimum Gasteiger partial charge on any atom is -0.512 e. The van der Waals surface area contributed by atoms with E-state index in [0.717, 1.165) is 75.2 Å². The van der Waals surface area contributed by atoms with Crippen molar-refractivity contribution in [3.05, 3.63) is 97.0 Å². The van der Waals surface area contributed by atoms with Crippen LogP contribution in [0.15, 0.2) is 95.4 Å². The van der Waals surface area contributed by atoms with Gasteiger partial charge in [0.15, 0.2) is 5.78 Å². The van der Waals surface area contributed by atoms with Crippen LogP contribution in [-0.2, 0) is 24.9 Å². The number of ketones is 1. The van der Waals surface area contributed by atoms with Gasteiger partial charge in [0.05, 0.1) is 11.1 Å². The molecular weight excluding hydrogens is 737 g/mol. The number of hydrogen-bond acceptors (Lipinski definition) is 5. The molecule has 6 aromatic rings. The van der Waals surface area contributed by atoms with E-state index in [9.17, 15) is 9.90 Å². The zero-order valence-electron chi connectivity index (χ0n) is 26.9. The minimum atomic E-state index is -0.337. The monoisotopic (exact) mass is 778 g/mol. The predicted molar refractivity (Wildman–Crippen MR) is 182 cm³/mol. The fourth-order valence-corrected chi connectivity index (χ4v) is 5.55. The maximum absolute atomic E-state index is 12.2. The summed E-state index contributed by atoms with van der Waals surface area (Å²) in [6.07, 6.45) is 6.38. The second-order valence-corrected chi connectivity index (χ2v) is 12.0. The summed E-state index contributed by atoms with van der Waals surface area (Å²) in [4.78, 5) is 21.3. The number of furan rings is 1. The van der Waals surface area contributed by atoms with E-state index >= 15 is 0 Å². The van der Waals surface area contributed by atoms with Gasteiger partial charge in [-0.2, -0.15) is 0 Å². The Morgan fingerprint density at radius 2 is 1.44 bits per heavy atom. The van der Waals surface area contributed by atoms with Gasteiger partial charge in [-0.05, 0) is 42.5 Å². The third-order valence-electron chi connectivity index (χ3n) is 9.71. The van der Waals surface area contributed by atoms with Crippen LogP contribution < -0.4 is 0 Å². The molecule has 0 saturated heterocycles. The maximum atomic E-state index is 12.2. The maximum Gasteiger partial charge on any atom is 0.164 e. The van der Waals surface area contributed by atoms with Crippen molar-refractivity contribution >= 4 is 49.4 Å². The van der Waals surface area contributed by atoms with Gasteiger partial charge in [-0.15, -0.1) is 18.2 Å². The van der Waals surface area contributed by atoms with Crippen molar-refractivity contribution in [3.8, 4) is 11.3 Å². The van der Waals surface area contributed by atoms with E-state index in [1.807, 2.05) is 84.0 Å². The van der Waals surface area contributed by atoms with E-state index in [1.165, 1.54) is 11.5 Å². The van der Waals surface area contributed by atoms with E-state index < -0.39 is 0 Å². The van der Waals surface area contributed by atoms with Crippen LogP contribution in [0.4, 0.5) is 0 Å². The Balaban J connectivity index is 0.000000226. The zero-order valence-corrected chi connectivity index (χ0v) is 29.3. The van der Waals surface area contributed by atoms with Crippen LogP contribution in [0.3, 0.4) is 0 Å². The summed E-state index contributed by atoms with van der Waals surface area (Å²) in [5.74, 6) is 0.286. The Hall–Kier alpha value is -3.86. The summed E-state index contributed by atoms with van der Waals surface area (Å²) in [7, 11) is 0. The molecule has 0 aliphatic rings. The van der Waals surface area contributed by atoms with Crippen molar-refractivity contribution in [2.45, 2.75) is 67.2 Å². The van der Waals surface area contributed by atoms with Crippen LogP contribution in [0.5, 0.6) is 0 Å². The van der Waals surface area contributed by atoms with Crippen molar-refractivity contribution in [2.24, 2.45) is 10.8 Å². The van der Waals surface area contributed by atoms with E-state index in [4.69, 9.17) is 4.42 Å². The second-order valence-electron chi connectivity index (χ2n) is 12.0. The average molecular weight is 778 g/mol. The molecule has 45 heavy (non-hydrogen) atoms. The first kappa shape index (κ1) is 34.0. The average Bonchev–Trinajstić information content (AvgIpc) is 3.46. The number of rotatable bonds is 8. The van der Waals surface area contributed by atoms with Crippen molar-refractivity contribution in [1.29, 1.82) is 0 Å². The molecule has 0 amide bonds. The van der Waals surface area contributed by atoms with Gasteiger partial charge in [0.1, 0.15) is 17.7 Å². The number of nitrogens with zero attached hydrogens (tertiary/aromatic N) is 2. The molecule has 5 nitrogen and oxygen atoms in total. The van der Waals surface area contributed by atoms with Crippen LogP contribution in [0, 0.1) is 16.9 Å². The quantitative estimate of drug-likeness (QED) is 0.0721. The Kier molecular flexibility index (Phi) is 10.6. The Morgan fingerprint density at radius 1 is 0.800 bits per heavy atom. The van der Waals surface area contributed by atoms with Gasteiger partial charge in [-0.3, -0.25) is 9.78 Å². The van der Waals surface area contributed by atoms with E-state index in [2.05, 4.69) is 46.4 Å². The minimum absolute atomic E-state index is 0.